The lowest BCUT2D eigenvalue weighted by Gasteiger charge is -2.21. The minimum absolute atomic E-state index is 0.00348. The molecule has 2 amide bonds. The third kappa shape index (κ3) is 7.44. The van der Waals surface area contributed by atoms with Gasteiger partial charge in [-0.3, -0.25) is 14.4 Å². The Morgan fingerprint density at radius 2 is 1.82 bits per heavy atom. The van der Waals surface area contributed by atoms with Gasteiger partial charge in [-0.1, -0.05) is 45.9 Å². The molecule has 0 radical (unpaired) electrons. The molecule has 0 bridgehead atoms. The van der Waals surface area contributed by atoms with Crippen molar-refractivity contribution in [3.05, 3.63) is 41.6 Å². The molecular weight excluding hydrogens is 420 g/mol. The zero-order valence-electron chi connectivity index (χ0n) is 20.6. The van der Waals surface area contributed by atoms with Crippen LogP contribution in [0.15, 0.2) is 30.3 Å². The van der Waals surface area contributed by atoms with E-state index in [0.717, 1.165) is 16.9 Å². The molecule has 0 saturated carbocycles. The van der Waals surface area contributed by atoms with Crippen molar-refractivity contribution in [1.29, 1.82) is 0 Å². The molecule has 1 aromatic heterocycles. The Morgan fingerprint density at radius 3 is 2.42 bits per heavy atom. The standard InChI is InChI=1S/C25H36N4O4/c1-7-15-28(23(31)13-14-24(32)33-8-2)17-22(30)26-21-16-20(25(4,5)6)27-29(21)19-12-10-9-11-18(19)3/h9-12,16H,7-8,13-15,17H2,1-6H3,(H,26,30). The van der Waals surface area contributed by atoms with Gasteiger partial charge in [0.1, 0.15) is 5.82 Å². The fourth-order valence-corrected chi connectivity index (χ4v) is 3.34. The summed E-state index contributed by atoms with van der Waals surface area (Å²) in [5.41, 5.74) is 2.54. The summed E-state index contributed by atoms with van der Waals surface area (Å²) in [6.45, 7) is 12.5. The molecule has 1 aromatic carbocycles. The molecule has 8 heteroatoms. The smallest absolute Gasteiger partial charge is 0.306 e. The SMILES string of the molecule is CCCN(CC(=O)Nc1cc(C(C)(C)C)nn1-c1ccccc1C)C(=O)CCC(=O)OCC. The van der Waals surface area contributed by atoms with Crippen LogP contribution in [0.4, 0.5) is 5.82 Å². The van der Waals surface area contributed by atoms with Gasteiger partial charge in [0.25, 0.3) is 0 Å². The summed E-state index contributed by atoms with van der Waals surface area (Å²) in [7, 11) is 0. The molecule has 0 atom stereocenters. The number of carbonyl (C=O) groups is 3. The number of aromatic nitrogens is 2. The molecule has 8 nitrogen and oxygen atoms in total. The molecule has 2 rings (SSSR count). The number of aryl methyl sites for hydroxylation is 1. The van der Waals surface area contributed by atoms with Crippen LogP contribution < -0.4 is 5.32 Å². The van der Waals surface area contributed by atoms with Crippen LogP contribution in [-0.4, -0.2) is 52.2 Å². The molecule has 2 aromatic rings. The monoisotopic (exact) mass is 456 g/mol. The van der Waals surface area contributed by atoms with E-state index in [-0.39, 0.29) is 43.2 Å². The molecule has 180 valence electrons. The molecule has 0 fully saturated rings. The van der Waals surface area contributed by atoms with Gasteiger partial charge in [0, 0.05) is 24.4 Å². The van der Waals surface area contributed by atoms with Crippen molar-refractivity contribution in [2.45, 2.75) is 66.2 Å². The summed E-state index contributed by atoms with van der Waals surface area (Å²) in [5, 5.41) is 7.69. The van der Waals surface area contributed by atoms with E-state index in [1.165, 1.54) is 4.90 Å². The second kappa shape index (κ2) is 11.6. The summed E-state index contributed by atoms with van der Waals surface area (Å²) < 4.78 is 6.62. The molecule has 1 N–H and O–H groups in total. The summed E-state index contributed by atoms with van der Waals surface area (Å²) in [4.78, 5) is 38.6. The maximum Gasteiger partial charge on any atom is 0.306 e. The largest absolute Gasteiger partial charge is 0.466 e. The third-order valence-corrected chi connectivity index (χ3v) is 5.12. The number of hydrogen-bond donors (Lipinski definition) is 1. The van der Waals surface area contributed by atoms with Crippen LogP contribution in [0.1, 0.15) is 65.1 Å². The number of anilines is 1. The number of esters is 1. The summed E-state index contributed by atoms with van der Waals surface area (Å²) >= 11 is 0. The van der Waals surface area contributed by atoms with Crippen molar-refractivity contribution in [1.82, 2.24) is 14.7 Å². The number of para-hydroxylation sites is 1. The number of amides is 2. The van der Waals surface area contributed by atoms with Crippen molar-refractivity contribution in [3.63, 3.8) is 0 Å². The van der Waals surface area contributed by atoms with E-state index in [0.29, 0.717) is 18.8 Å². The lowest BCUT2D eigenvalue weighted by molar-refractivity contribution is -0.145. The van der Waals surface area contributed by atoms with E-state index in [9.17, 15) is 14.4 Å². The van der Waals surface area contributed by atoms with Crippen LogP contribution in [0.25, 0.3) is 5.69 Å². The van der Waals surface area contributed by atoms with Crippen LogP contribution in [-0.2, 0) is 24.5 Å². The van der Waals surface area contributed by atoms with Crippen LogP contribution in [0.3, 0.4) is 0 Å². The zero-order valence-corrected chi connectivity index (χ0v) is 20.6. The van der Waals surface area contributed by atoms with E-state index in [2.05, 4.69) is 26.1 Å². The van der Waals surface area contributed by atoms with E-state index in [1.807, 2.05) is 44.2 Å². The highest BCUT2D eigenvalue weighted by atomic mass is 16.5. The molecule has 0 saturated heterocycles. The normalized spacial score (nSPS) is 11.2. The van der Waals surface area contributed by atoms with Crippen LogP contribution in [0, 0.1) is 6.92 Å². The molecule has 0 aliphatic rings. The number of carbonyl (C=O) groups excluding carboxylic acids is 3. The number of nitrogens with zero attached hydrogens (tertiary/aromatic N) is 3. The van der Waals surface area contributed by atoms with Gasteiger partial charge in [-0.25, -0.2) is 4.68 Å². The Balaban J connectivity index is 2.20. The average Bonchev–Trinajstić information content (AvgIpc) is 3.16. The van der Waals surface area contributed by atoms with E-state index in [4.69, 9.17) is 9.84 Å². The Hall–Kier alpha value is -3.16. The van der Waals surface area contributed by atoms with Crippen LogP contribution >= 0.6 is 0 Å². The van der Waals surface area contributed by atoms with Gasteiger partial charge in [0.2, 0.25) is 11.8 Å². The topological polar surface area (TPSA) is 93.5 Å². The average molecular weight is 457 g/mol. The van der Waals surface area contributed by atoms with Gasteiger partial charge in [-0.2, -0.15) is 5.10 Å². The summed E-state index contributed by atoms with van der Waals surface area (Å²) in [6.07, 6.45) is 0.721. The minimum atomic E-state index is -0.413. The van der Waals surface area contributed by atoms with E-state index in [1.54, 1.807) is 11.6 Å². The highest BCUT2D eigenvalue weighted by Gasteiger charge is 2.23. The van der Waals surface area contributed by atoms with Gasteiger partial charge < -0.3 is 15.0 Å². The van der Waals surface area contributed by atoms with Crippen LogP contribution in [0.5, 0.6) is 0 Å². The summed E-state index contributed by atoms with van der Waals surface area (Å²) in [5.74, 6) is -0.427. The number of benzene rings is 1. The fourth-order valence-electron chi connectivity index (χ4n) is 3.34. The first kappa shape index (κ1) is 26.1. The molecule has 1 heterocycles. The lowest BCUT2D eigenvalue weighted by atomic mass is 9.92. The molecule has 0 aliphatic heterocycles. The number of rotatable bonds is 10. The maximum absolute atomic E-state index is 12.9. The van der Waals surface area contributed by atoms with E-state index >= 15 is 0 Å². The predicted molar refractivity (Wildman–Crippen MR) is 128 cm³/mol. The zero-order chi connectivity index (χ0) is 24.6. The number of hydrogen-bond acceptors (Lipinski definition) is 5. The summed E-state index contributed by atoms with van der Waals surface area (Å²) in [6, 6.07) is 9.70. The first-order valence-electron chi connectivity index (χ1n) is 11.5. The first-order chi connectivity index (χ1) is 15.6. The molecule has 0 aliphatic carbocycles. The van der Waals surface area contributed by atoms with Crippen molar-refractivity contribution in [2.24, 2.45) is 0 Å². The Bertz CT molecular complexity index is 975. The quantitative estimate of drug-likeness (QED) is 0.546. The highest BCUT2D eigenvalue weighted by Crippen LogP contribution is 2.27. The second-order valence-electron chi connectivity index (χ2n) is 9.03. The van der Waals surface area contributed by atoms with Gasteiger partial charge in [-0.15, -0.1) is 0 Å². The van der Waals surface area contributed by atoms with Gasteiger partial charge in [0.05, 0.1) is 31.0 Å². The van der Waals surface area contributed by atoms with Gasteiger partial charge in [0.15, 0.2) is 0 Å². The van der Waals surface area contributed by atoms with Crippen molar-refractivity contribution >= 4 is 23.6 Å². The van der Waals surface area contributed by atoms with E-state index < -0.39 is 5.97 Å². The minimum Gasteiger partial charge on any atom is -0.466 e. The van der Waals surface area contributed by atoms with Crippen molar-refractivity contribution in [2.75, 3.05) is 25.0 Å². The first-order valence-corrected chi connectivity index (χ1v) is 11.5. The molecule has 33 heavy (non-hydrogen) atoms. The van der Waals surface area contributed by atoms with Crippen molar-refractivity contribution in [3.8, 4) is 5.69 Å². The Labute approximate surface area is 196 Å². The number of nitrogens with one attached hydrogen (secondary N) is 1. The number of ether oxygens (including phenoxy) is 1. The maximum atomic E-state index is 12.9. The lowest BCUT2D eigenvalue weighted by Crippen LogP contribution is -2.39. The van der Waals surface area contributed by atoms with Crippen LogP contribution in [0.2, 0.25) is 0 Å². The van der Waals surface area contributed by atoms with Crippen molar-refractivity contribution < 1.29 is 19.1 Å². The fraction of sp³-hybridized carbons (Fsp3) is 0.520. The molecular formula is C25H36N4O4. The molecule has 0 unspecified atom stereocenters. The Morgan fingerprint density at radius 1 is 1.12 bits per heavy atom. The highest BCUT2D eigenvalue weighted by molar-refractivity contribution is 5.94. The molecule has 0 spiro atoms. The third-order valence-electron chi connectivity index (χ3n) is 5.12. The van der Waals surface area contributed by atoms with Gasteiger partial charge in [-0.05, 0) is 31.9 Å². The second-order valence-corrected chi connectivity index (χ2v) is 9.03. The predicted octanol–water partition coefficient (Wildman–Crippen LogP) is 4.00. The van der Waals surface area contributed by atoms with Gasteiger partial charge >= 0.3 is 5.97 Å². The Kier molecular flexibility index (Phi) is 9.20.